The molecular weight excluding hydrogens is 429 g/mol. The predicted molar refractivity (Wildman–Crippen MR) is 115 cm³/mol. The second-order valence-electron chi connectivity index (χ2n) is 6.61. The summed E-state index contributed by atoms with van der Waals surface area (Å²) in [6, 6.07) is 4.64. The number of piperidine rings is 1. The average molecular weight is 461 g/mol. The van der Waals surface area contributed by atoms with Gasteiger partial charge in [0.25, 0.3) is 0 Å². The van der Waals surface area contributed by atoms with Crippen LogP contribution in [0.25, 0.3) is 0 Å². The molecule has 2 heterocycles. The molecule has 142 valence electrons. The van der Waals surface area contributed by atoms with Crippen LogP contribution >= 0.6 is 24.0 Å². The molecule has 0 bridgehead atoms. The number of nitrogens with zero attached hydrogens (tertiary/aromatic N) is 3. The zero-order chi connectivity index (χ0) is 17.4. The molecule has 1 aliphatic heterocycles. The quantitative estimate of drug-likeness (QED) is 0.344. The van der Waals surface area contributed by atoms with Crippen molar-refractivity contribution in [2.45, 2.75) is 39.7 Å². The maximum Gasteiger partial charge on any atom is 0.191 e. The zero-order valence-electron chi connectivity index (χ0n) is 15.5. The van der Waals surface area contributed by atoms with Crippen LogP contribution in [-0.4, -0.2) is 54.9 Å². The molecule has 6 nitrogen and oxygen atoms in total. The standard InChI is InChI=1S/C18H31N5O.HI/c1-4-19-18(21-12-15(3)13-24)22-16-7-9-23(10-8-16)17-6-5-14(2)11-20-17;/h5-6,11,15-16,24H,4,7-10,12-13H2,1-3H3,(H2,19,21,22);1H. The predicted octanol–water partition coefficient (Wildman–Crippen LogP) is 2.16. The van der Waals surface area contributed by atoms with Crippen LogP contribution in [-0.2, 0) is 0 Å². The third-order valence-electron chi connectivity index (χ3n) is 4.27. The highest BCUT2D eigenvalue weighted by molar-refractivity contribution is 14.0. The van der Waals surface area contributed by atoms with Crippen LogP contribution in [0.15, 0.2) is 23.3 Å². The summed E-state index contributed by atoms with van der Waals surface area (Å²) in [7, 11) is 0. The van der Waals surface area contributed by atoms with Crippen LogP contribution < -0.4 is 15.5 Å². The molecule has 1 unspecified atom stereocenters. The van der Waals surface area contributed by atoms with Crippen LogP contribution in [0.2, 0.25) is 0 Å². The van der Waals surface area contributed by atoms with Crippen molar-refractivity contribution in [1.29, 1.82) is 0 Å². The van der Waals surface area contributed by atoms with Gasteiger partial charge in [0.05, 0.1) is 0 Å². The van der Waals surface area contributed by atoms with Gasteiger partial charge in [-0.15, -0.1) is 24.0 Å². The van der Waals surface area contributed by atoms with Gasteiger partial charge in [-0.2, -0.15) is 0 Å². The minimum Gasteiger partial charge on any atom is -0.396 e. The maximum absolute atomic E-state index is 9.13. The molecule has 1 aliphatic rings. The molecule has 1 aromatic heterocycles. The fourth-order valence-corrected chi connectivity index (χ4v) is 2.72. The number of aromatic nitrogens is 1. The van der Waals surface area contributed by atoms with Crippen molar-refractivity contribution in [3.63, 3.8) is 0 Å². The Morgan fingerprint density at radius 1 is 1.40 bits per heavy atom. The Morgan fingerprint density at radius 2 is 2.12 bits per heavy atom. The molecule has 7 heteroatoms. The van der Waals surface area contributed by atoms with Crippen LogP contribution in [0.4, 0.5) is 5.82 Å². The molecule has 3 N–H and O–H groups in total. The number of aliphatic hydroxyl groups is 1. The minimum absolute atomic E-state index is 0. The van der Waals surface area contributed by atoms with Crippen LogP contribution in [0, 0.1) is 12.8 Å². The summed E-state index contributed by atoms with van der Waals surface area (Å²) >= 11 is 0. The number of guanidine groups is 1. The number of pyridine rings is 1. The van der Waals surface area contributed by atoms with E-state index in [2.05, 4.69) is 51.5 Å². The SMILES string of the molecule is CCNC(=NCC(C)CO)NC1CCN(c2ccc(C)cn2)CC1.I. The summed E-state index contributed by atoms with van der Waals surface area (Å²) in [5, 5.41) is 15.9. The molecule has 1 saturated heterocycles. The second kappa shape index (κ2) is 11.5. The summed E-state index contributed by atoms with van der Waals surface area (Å²) in [6.45, 7) is 9.78. The van der Waals surface area contributed by atoms with E-state index < -0.39 is 0 Å². The van der Waals surface area contributed by atoms with Crippen LogP contribution in [0.3, 0.4) is 0 Å². The minimum atomic E-state index is 0. The molecule has 0 saturated carbocycles. The first-order valence-corrected chi connectivity index (χ1v) is 8.95. The maximum atomic E-state index is 9.13. The van der Waals surface area contributed by atoms with Crippen molar-refractivity contribution in [3.8, 4) is 0 Å². The Hall–Kier alpha value is -1.09. The van der Waals surface area contributed by atoms with E-state index in [0.717, 1.165) is 44.3 Å². The summed E-state index contributed by atoms with van der Waals surface area (Å²) in [5.41, 5.74) is 1.19. The summed E-state index contributed by atoms with van der Waals surface area (Å²) in [4.78, 5) is 11.4. The first-order chi connectivity index (χ1) is 11.6. The van der Waals surface area contributed by atoms with Crippen molar-refractivity contribution in [3.05, 3.63) is 23.9 Å². The largest absolute Gasteiger partial charge is 0.396 e. The number of aliphatic hydroxyl groups excluding tert-OH is 1. The van der Waals surface area contributed by atoms with Crippen molar-refractivity contribution >= 4 is 35.8 Å². The van der Waals surface area contributed by atoms with Crippen molar-refractivity contribution in [2.24, 2.45) is 10.9 Å². The molecule has 1 atom stereocenters. The summed E-state index contributed by atoms with van der Waals surface area (Å²) < 4.78 is 0. The fraction of sp³-hybridized carbons (Fsp3) is 0.667. The number of hydrogen-bond acceptors (Lipinski definition) is 4. The lowest BCUT2D eigenvalue weighted by Gasteiger charge is -2.34. The topological polar surface area (TPSA) is 72.8 Å². The number of halogens is 1. The smallest absolute Gasteiger partial charge is 0.191 e. The Bertz CT molecular complexity index is 515. The molecule has 0 aromatic carbocycles. The van der Waals surface area contributed by atoms with E-state index in [-0.39, 0.29) is 36.5 Å². The number of aryl methyl sites for hydroxylation is 1. The number of rotatable bonds is 6. The monoisotopic (exact) mass is 461 g/mol. The second-order valence-corrected chi connectivity index (χ2v) is 6.61. The number of hydrogen-bond donors (Lipinski definition) is 3. The van der Waals surface area contributed by atoms with Crippen LogP contribution in [0.5, 0.6) is 0 Å². The van der Waals surface area contributed by atoms with Gasteiger partial charge >= 0.3 is 0 Å². The van der Waals surface area contributed by atoms with E-state index in [1.807, 2.05) is 13.1 Å². The van der Waals surface area contributed by atoms with Gasteiger partial charge in [-0.1, -0.05) is 13.0 Å². The van der Waals surface area contributed by atoms with Crippen LogP contribution in [0.1, 0.15) is 32.3 Å². The normalized spacial score (nSPS) is 17.0. The van der Waals surface area contributed by atoms with Gasteiger partial charge in [-0.3, -0.25) is 4.99 Å². The fourth-order valence-electron chi connectivity index (χ4n) is 2.72. The Kier molecular flexibility index (Phi) is 10.1. The third kappa shape index (κ3) is 7.35. The lowest BCUT2D eigenvalue weighted by molar-refractivity contribution is 0.241. The molecule has 1 fully saturated rings. The molecule has 0 radical (unpaired) electrons. The Balaban J connectivity index is 0.00000312. The van der Waals surface area contributed by atoms with Gasteiger partial charge in [-0.05, 0) is 44.2 Å². The van der Waals surface area contributed by atoms with Crippen molar-refractivity contribution in [2.75, 3.05) is 37.7 Å². The highest BCUT2D eigenvalue weighted by atomic mass is 127. The van der Waals surface area contributed by atoms with Gasteiger partial charge in [-0.25, -0.2) is 4.98 Å². The molecule has 0 spiro atoms. The highest BCUT2D eigenvalue weighted by Gasteiger charge is 2.20. The lowest BCUT2D eigenvalue weighted by Crippen LogP contribution is -2.49. The van der Waals surface area contributed by atoms with E-state index >= 15 is 0 Å². The average Bonchev–Trinajstić information content (AvgIpc) is 2.61. The van der Waals surface area contributed by atoms with Crippen molar-refractivity contribution in [1.82, 2.24) is 15.6 Å². The van der Waals surface area contributed by atoms with Gasteiger partial charge in [0, 0.05) is 45.0 Å². The van der Waals surface area contributed by atoms with Gasteiger partial charge in [0.15, 0.2) is 5.96 Å². The van der Waals surface area contributed by atoms with Crippen molar-refractivity contribution < 1.29 is 5.11 Å². The van der Waals surface area contributed by atoms with E-state index in [1.165, 1.54) is 5.56 Å². The molecular formula is C18H32IN5O. The molecule has 0 amide bonds. The number of aliphatic imine (C=N–C) groups is 1. The first kappa shape index (κ1) is 22.0. The zero-order valence-corrected chi connectivity index (χ0v) is 17.9. The number of nitrogens with one attached hydrogen (secondary N) is 2. The van der Waals surface area contributed by atoms with E-state index in [0.29, 0.717) is 12.6 Å². The lowest BCUT2D eigenvalue weighted by atomic mass is 10.1. The van der Waals surface area contributed by atoms with E-state index in [4.69, 9.17) is 5.11 Å². The van der Waals surface area contributed by atoms with E-state index in [9.17, 15) is 0 Å². The first-order valence-electron chi connectivity index (χ1n) is 8.95. The van der Waals surface area contributed by atoms with Gasteiger partial charge < -0.3 is 20.6 Å². The Morgan fingerprint density at radius 3 is 2.68 bits per heavy atom. The molecule has 0 aliphatic carbocycles. The summed E-state index contributed by atoms with van der Waals surface area (Å²) in [5.74, 6) is 2.11. The molecule has 1 aromatic rings. The van der Waals surface area contributed by atoms with Gasteiger partial charge in [0.1, 0.15) is 5.82 Å². The molecule has 2 rings (SSSR count). The third-order valence-corrected chi connectivity index (χ3v) is 4.27. The highest BCUT2D eigenvalue weighted by Crippen LogP contribution is 2.18. The Labute approximate surface area is 168 Å². The van der Waals surface area contributed by atoms with Gasteiger partial charge in [0.2, 0.25) is 0 Å². The van der Waals surface area contributed by atoms with E-state index in [1.54, 1.807) is 0 Å². The number of anilines is 1. The molecule has 25 heavy (non-hydrogen) atoms. The summed E-state index contributed by atoms with van der Waals surface area (Å²) in [6.07, 6.45) is 4.06.